The Morgan fingerprint density at radius 3 is 2.94 bits per heavy atom. The fraction of sp³-hybridized carbons (Fsp3) is 0.692. The van der Waals surface area contributed by atoms with Crippen LogP contribution in [0.15, 0.2) is 12.2 Å². The average Bonchev–Trinajstić information content (AvgIpc) is 2.62. The minimum absolute atomic E-state index is 0.00662. The number of carbonyl (C=O) groups is 2. The highest BCUT2D eigenvalue weighted by molar-refractivity contribution is 6.02. The van der Waals surface area contributed by atoms with Gasteiger partial charge in [-0.15, -0.1) is 0 Å². The first-order valence-electron chi connectivity index (χ1n) is 5.89. The van der Waals surface area contributed by atoms with Gasteiger partial charge in [-0.25, -0.2) is 0 Å². The van der Waals surface area contributed by atoms with Crippen molar-refractivity contribution in [2.75, 3.05) is 7.11 Å². The zero-order valence-electron chi connectivity index (χ0n) is 9.40. The topological polar surface area (TPSA) is 43.4 Å². The van der Waals surface area contributed by atoms with E-state index in [-0.39, 0.29) is 34.9 Å². The molecule has 3 heteroatoms. The number of hydrogen-bond donors (Lipinski definition) is 0. The number of allylic oxidation sites excluding steroid dienone is 2. The first-order valence-corrected chi connectivity index (χ1v) is 5.89. The second kappa shape index (κ2) is 2.13. The van der Waals surface area contributed by atoms with Crippen LogP contribution in [-0.2, 0) is 14.3 Å². The van der Waals surface area contributed by atoms with Crippen molar-refractivity contribution in [2.45, 2.75) is 13.3 Å². The van der Waals surface area contributed by atoms with Gasteiger partial charge in [0.1, 0.15) is 5.78 Å². The lowest BCUT2D eigenvalue weighted by Gasteiger charge is -2.51. The third kappa shape index (κ3) is 0.562. The van der Waals surface area contributed by atoms with Gasteiger partial charge in [0, 0.05) is 5.92 Å². The van der Waals surface area contributed by atoms with Gasteiger partial charge in [-0.05, 0) is 23.7 Å². The van der Waals surface area contributed by atoms with Crippen LogP contribution in [0, 0.1) is 34.5 Å². The van der Waals surface area contributed by atoms with Crippen LogP contribution in [0.1, 0.15) is 13.3 Å². The highest BCUT2D eigenvalue weighted by atomic mass is 16.5. The van der Waals surface area contributed by atoms with Crippen molar-refractivity contribution < 1.29 is 14.3 Å². The summed E-state index contributed by atoms with van der Waals surface area (Å²) in [5.74, 6) is 0.524. The molecule has 0 saturated heterocycles. The fourth-order valence-electron chi connectivity index (χ4n) is 5.09. The van der Waals surface area contributed by atoms with E-state index in [1.165, 1.54) is 7.11 Å². The molecule has 4 aliphatic rings. The molecule has 4 rings (SSSR count). The van der Waals surface area contributed by atoms with Crippen LogP contribution >= 0.6 is 0 Å². The maximum absolute atomic E-state index is 12.1. The van der Waals surface area contributed by atoms with Gasteiger partial charge in [0.25, 0.3) is 0 Å². The zero-order valence-corrected chi connectivity index (χ0v) is 9.40. The van der Waals surface area contributed by atoms with Gasteiger partial charge >= 0.3 is 5.97 Å². The highest BCUT2D eigenvalue weighted by Crippen LogP contribution is 2.87. The first-order chi connectivity index (χ1) is 7.58. The lowest BCUT2D eigenvalue weighted by atomic mass is 9.50. The van der Waals surface area contributed by atoms with Gasteiger partial charge < -0.3 is 4.74 Å². The van der Waals surface area contributed by atoms with Crippen molar-refractivity contribution in [3.63, 3.8) is 0 Å². The third-order valence-electron chi connectivity index (χ3n) is 5.64. The Balaban J connectivity index is 1.90. The van der Waals surface area contributed by atoms with Gasteiger partial charge in [0.15, 0.2) is 0 Å². The van der Waals surface area contributed by atoms with Crippen LogP contribution in [0.25, 0.3) is 0 Å². The Morgan fingerprint density at radius 1 is 1.50 bits per heavy atom. The molecular formula is C13H14O3. The van der Waals surface area contributed by atoms with E-state index in [0.717, 1.165) is 6.42 Å². The molecule has 0 aromatic rings. The molecule has 4 aliphatic carbocycles. The Labute approximate surface area is 93.8 Å². The number of Topliss-reactive ketones (excluding diaryl/α,β-unsaturated/α-hetero) is 1. The Hall–Kier alpha value is -1.12. The minimum atomic E-state index is -0.472. The largest absolute Gasteiger partial charge is 0.469 e. The molecular weight excluding hydrogens is 204 g/mol. The molecule has 16 heavy (non-hydrogen) atoms. The molecule has 3 saturated carbocycles. The molecule has 2 bridgehead atoms. The molecule has 0 amide bonds. The quantitative estimate of drug-likeness (QED) is 0.490. The van der Waals surface area contributed by atoms with Crippen LogP contribution in [0.5, 0.6) is 0 Å². The van der Waals surface area contributed by atoms with Gasteiger partial charge in [0.05, 0.1) is 18.4 Å². The Morgan fingerprint density at radius 2 is 2.25 bits per heavy atom. The number of carbonyl (C=O) groups excluding carboxylic acids is 2. The summed E-state index contributed by atoms with van der Waals surface area (Å²) in [5.41, 5.74) is -0.228. The molecule has 3 fully saturated rings. The molecule has 3 nitrogen and oxygen atoms in total. The zero-order chi connectivity index (χ0) is 11.3. The van der Waals surface area contributed by atoms with E-state index in [2.05, 4.69) is 6.92 Å². The van der Waals surface area contributed by atoms with Gasteiger partial charge in [-0.3, -0.25) is 9.59 Å². The predicted molar refractivity (Wildman–Crippen MR) is 55.3 cm³/mol. The molecule has 0 aromatic heterocycles. The van der Waals surface area contributed by atoms with E-state index in [1.807, 2.05) is 12.2 Å². The van der Waals surface area contributed by atoms with Gasteiger partial charge in [-0.1, -0.05) is 19.1 Å². The van der Waals surface area contributed by atoms with Crippen LogP contribution in [0.4, 0.5) is 0 Å². The molecule has 0 aromatic carbocycles. The number of hydrogen-bond acceptors (Lipinski definition) is 3. The standard InChI is InChI=1S/C13H14O3/c1-12-5-8(12)13(11(15)16-2)7-4-3-6(9(7)14)10(12)13/h3-4,6-8,10H,5H2,1-2H3. The molecule has 0 N–H and O–H groups in total. The van der Waals surface area contributed by atoms with Crippen LogP contribution in [0.2, 0.25) is 0 Å². The second-order valence-electron chi connectivity index (χ2n) is 5.96. The first kappa shape index (κ1) is 8.97. The summed E-state index contributed by atoms with van der Waals surface area (Å²) >= 11 is 0. The Kier molecular flexibility index (Phi) is 1.19. The number of fused-ring (bicyclic) bond motifs is 8. The lowest BCUT2D eigenvalue weighted by Crippen LogP contribution is -2.56. The number of ether oxygens (including phenoxy) is 1. The summed E-state index contributed by atoms with van der Waals surface area (Å²) in [5, 5.41) is 0. The number of rotatable bonds is 1. The molecule has 6 unspecified atom stereocenters. The number of esters is 1. The smallest absolute Gasteiger partial charge is 0.313 e. The van der Waals surface area contributed by atoms with E-state index in [4.69, 9.17) is 4.74 Å². The molecule has 6 atom stereocenters. The summed E-state index contributed by atoms with van der Waals surface area (Å²) in [6.07, 6.45) is 5.05. The summed E-state index contributed by atoms with van der Waals surface area (Å²) in [7, 11) is 1.44. The van der Waals surface area contributed by atoms with Crippen LogP contribution in [0.3, 0.4) is 0 Å². The molecule has 0 aliphatic heterocycles. The van der Waals surface area contributed by atoms with E-state index < -0.39 is 5.41 Å². The average molecular weight is 218 g/mol. The van der Waals surface area contributed by atoms with Crippen LogP contribution in [-0.4, -0.2) is 18.9 Å². The van der Waals surface area contributed by atoms with E-state index in [1.54, 1.807) is 0 Å². The van der Waals surface area contributed by atoms with Crippen molar-refractivity contribution >= 4 is 11.8 Å². The molecule has 0 heterocycles. The number of ketones is 1. The van der Waals surface area contributed by atoms with Crippen molar-refractivity contribution in [1.29, 1.82) is 0 Å². The lowest BCUT2D eigenvalue weighted by molar-refractivity contribution is -0.175. The molecule has 84 valence electrons. The van der Waals surface area contributed by atoms with Crippen LogP contribution < -0.4 is 0 Å². The SMILES string of the molecule is COC(=O)C12C3C=CC(C3=O)C1C1(C)CC12. The minimum Gasteiger partial charge on any atom is -0.469 e. The summed E-state index contributed by atoms with van der Waals surface area (Å²) in [6, 6.07) is 0. The fourth-order valence-corrected chi connectivity index (χ4v) is 5.09. The van der Waals surface area contributed by atoms with E-state index >= 15 is 0 Å². The second-order valence-corrected chi connectivity index (χ2v) is 5.96. The molecule has 0 spiro atoms. The summed E-state index contributed by atoms with van der Waals surface area (Å²) in [6.45, 7) is 2.21. The molecule has 0 radical (unpaired) electrons. The Bertz CT molecular complexity index is 466. The summed E-state index contributed by atoms with van der Waals surface area (Å²) in [4.78, 5) is 24.2. The van der Waals surface area contributed by atoms with E-state index in [0.29, 0.717) is 5.92 Å². The maximum atomic E-state index is 12.1. The van der Waals surface area contributed by atoms with E-state index in [9.17, 15) is 9.59 Å². The normalized spacial score (nSPS) is 59.0. The van der Waals surface area contributed by atoms with Crippen molar-refractivity contribution in [1.82, 2.24) is 0 Å². The third-order valence-corrected chi connectivity index (χ3v) is 5.64. The monoisotopic (exact) mass is 218 g/mol. The predicted octanol–water partition coefficient (Wildman–Crippen LogP) is 1.19. The van der Waals surface area contributed by atoms with Gasteiger partial charge in [-0.2, -0.15) is 0 Å². The number of methoxy groups -OCH3 is 1. The van der Waals surface area contributed by atoms with Crippen molar-refractivity contribution in [3.05, 3.63) is 12.2 Å². The summed E-state index contributed by atoms with van der Waals surface area (Å²) < 4.78 is 4.98. The maximum Gasteiger partial charge on any atom is 0.313 e. The van der Waals surface area contributed by atoms with Gasteiger partial charge in [0.2, 0.25) is 0 Å². The van der Waals surface area contributed by atoms with Crippen molar-refractivity contribution in [3.8, 4) is 0 Å². The van der Waals surface area contributed by atoms with Crippen molar-refractivity contribution in [2.24, 2.45) is 34.5 Å². The highest BCUT2D eigenvalue weighted by Gasteiger charge is 2.89.